The minimum atomic E-state index is 0. The first-order valence-corrected chi connectivity index (χ1v) is 0.508. The average Bonchev–Trinajstić information content (AvgIpc) is 1.00. The molecule has 0 bridgehead atoms. The van der Waals surface area contributed by atoms with Crippen LogP contribution in [0.25, 0.3) is 0 Å². The van der Waals surface area contributed by atoms with E-state index < -0.39 is 0 Å². The van der Waals surface area contributed by atoms with Gasteiger partial charge in [0.15, 0.2) is 0 Å². The normalized spacial score (nSPS) is 0.667. The van der Waals surface area contributed by atoms with E-state index in [0.717, 1.165) is 0 Å². The molecule has 0 aromatic rings. The molecule has 0 saturated heterocycles. The van der Waals surface area contributed by atoms with E-state index >= 15 is 0 Å². The number of hydrogen-bond acceptors (Lipinski definition) is 1. The number of rotatable bonds is 0. The van der Waals surface area contributed by atoms with Gasteiger partial charge in [0.1, 0.15) is 0 Å². The van der Waals surface area contributed by atoms with Crippen molar-refractivity contribution in [3.05, 3.63) is 0 Å². The second kappa shape index (κ2) is 245. The van der Waals surface area contributed by atoms with Crippen LogP contribution in [0.3, 0.4) is 0 Å². The summed E-state index contributed by atoms with van der Waals surface area (Å²) in [6.07, 6.45) is 0. The van der Waals surface area contributed by atoms with Crippen LogP contribution >= 0.6 is 0 Å². The maximum atomic E-state index is 7.81. The Balaban J connectivity index is -0.000000000238. The Morgan fingerprint density at radius 1 is 0.667 bits per heavy atom. The second-order valence-corrected chi connectivity index (χ2v) is 0. The molecule has 0 heterocycles. The van der Waals surface area contributed by atoms with E-state index in [1.54, 1.807) is 0 Å². The fourth-order valence-corrected chi connectivity index (χ4v) is 0. The molecule has 9 heteroatoms. The zero-order valence-corrected chi connectivity index (χ0v) is 7.89. The second-order valence-electron chi connectivity index (χ2n) is 0. The zero-order chi connectivity index (χ0) is 2.00. The van der Waals surface area contributed by atoms with Gasteiger partial charge in [0.2, 0.25) is 0 Å². The van der Waals surface area contributed by atoms with Crippen molar-refractivity contribution in [2.24, 2.45) is 0 Å². The molecule has 0 unspecified atom stereocenters. The molecule has 5 nitrogen and oxygen atoms in total. The third-order valence-electron chi connectivity index (χ3n) is 0. The van der Waals surface area contributed by atoms with Gasteiger partial charge in [-0.05, 0) is 0 Å². The molecule has 0 N–H and O–H groups in total. The van der Waals surface area contributed by atoms with E-state index in [2.05, 4.69) is 15.9 Å². The van der Waals surface area contributed by atoms with E-state index in [0.29, 0.717) is 0 Å². The van der Waals surface area contributed by atoms with Gasteiger partial charge < -0.3 is 21.9 Å². The summed E-state index contributed by atoms with van der Waals surface area (Å²) >= 11 is 2.94. The molecule has 0 atom stereocenters. The van der Waals surface area contributed by atoms with E-state index in [1.807, 2.05) is 0 Å². The molecule has 9 heavy (non-hydrogen) atoms. The van der Waals surface area contributed by atoms with E-state index in [9.17, 15) is 0 Å². The van der Waals surface area contributed by atoms with Gasteiger partial charge in [-0.25, -0.2) is 0 Å². The summed E-state index contributed by atoms with van der Waals surface area (Å²) in [5.74, 6) is 0. The zero-order valence-electron chi connectivity index (χ0n) is 3.46. The van der Waals surface area contributed by atoms with Crippen LogP contribution in [0, 0.1) is 0 Å². The van der Waals surface area contributed by atoms with Crippen molar-refractivity contribution >= 4 is 0 Å². The maximum absolute atomic E-state index is 7.81. The van der Waals surface area contributed by atoms with E-state index in [4.69, 9.17) is 3.83 Å². The predicted molar refractivity (Wildman–Crippen MR) is 3.43 cm³/mol. The quantitative estimate of drug-likeness (QED) is 0.543. The van der Waals surface area contributed by atoms with Crippen LogP contribution in [0.1, 0.15) is 0 Å². The fourth-order valence-electron chi connectivity index (χ4n) is 0. The third-order valence-corrected chi connectivity index (χ3v) is 0. The standard InChI is InChI=1S/2Cr.2Cu.5O/q2*+3;;+2;;4*-2. The molecular formula is Cr2Cu2O5. The van der Waals surface area contributed by atoms with Crippen molar-refractivity contribution in [3.8, 4) is 0 Å². The first kappa shape index (κ1) is 135. The van der Waals surface area contributed by atoms with Gasteiger partial charge in [0.05, 0.1) is 0 Å². The van der Waals surface area contributed by atoms with Crippen LogP contribution < -0.4 is 0 Å². The summed E-state index contributed by atoms with van der Waals surface area (Å²) in [6.45, 7) is 0. The average molecular weight is 311 g/mol. The first-order chi connectivity index (χ1) is 1.00. The molecular weight excluding hydrogens is 311 g/mol. The number of hydrogen-bond donors (Lipinski definition) is 0. The van der Waals surface area contributed by atoms with Crippen molar-refractivity contribution in [1.82, 2.24) is 0 Å². The minimum absolute atomic E-state index is 0. The molecule has 0 aliphatic rings. The van der Waals surface area contributed by atoms with Crippen LogP contribution in [0.15, 0.2) is 0 Å². The van der Waals surface area contributed by atoms with Gasteiger partial charge in [-0.1, -0.05) is 0 Å². The fraction of sp³-hybridized carbons (Fsp3) is 0. The molecule has 0 saturated carbocycles. The topological polar surface area (TPSA) is 131 Å². The summed E-state index contributed by atoms with van der Waals surface area (Å²) in [5, 5.41) is 0. The van der Waals surface area contributed by atoms with Gasteiger partial charge in [-0.2, -0.15) is 0 Å². The Kier molecular flexibility index (Phi) is 3690. The Morgan fingerprint density at radius 2 is 0.667 bits per heavy atom. The van der Waals surface area contributed by atoms with Gasteiger partial charge in [-0.15, -0.1) is 0 Å². The molecule has 0 aliphatic carbocycles. The van der Waals surface area contributed by atoms with Crippen molar-refractivity contribution in [3.63, 3.8) is 0 Å². The van der Waals surface area contributed by atoms with Crippen molar-refractivity contribution in [2.75, 3.05) is 0 Å². The molecule has 0 aromatic carbocycles. The summed E-state index contributed by atoms with van der Waals surface area (Å²) in [4.78, 5) is 0. The van der Waals surface area contributed by atoms with Crippen molar-refractivity contribution in [2.45, 2.75) is 0 Å². The molecule has 0 spiro atoms. The Bertz CT molecular complexity index is 12.9. The van der Waals surface area contributed by atoms with Crippen molar-refractivity contribution in [1.29, 1.82) is 0 Å². The van der Waals surface area contributed by atoms with E-state index in [1.165, 1.54) is 0 Å². The van der Waals surface area contributed by atoms with Gasteiger partial charge in [0.25, 0.3) is 0 Å². The van der Waals surface area contributed by atoms with Crippen molar-refractivity contribution < 1.29 is 93.5 Å². The Morgan fingerprint density at radius 3 is 0.667 bits per heavy atom. The Labute approximate surface area is 92.9 Å². The summed E-state index contributed by atoms with van der Waals surface area (Å²) in [7, 11) is 0. The monoisotopic (exact) mass is 310 g/mol. The molecule has 3 radical (unpaired) electrons. The van der Waals surface area contributed by atoms with Crippen LogP contribution in [0.4, 0.5) is 0 Å². The molecule has 0 aromatic heterocycles. The molecule has 0 fully saturated rings. The summed E-state index contributed by atoms with van der Waals surface area (Å²) in [5.41, 5.74) is 0. The van der Waals surface area contributed by atoms with Gasteiger partial charge in [0, 0.05) is 0 Å². The summed E-state index contributed by atoms with van der Waals surface area (Å²) < 4.78 is 7.81. The van der Waals surface area contributed by atoms with Crippen LogP contribution in [-0.2, 0) is 93.5 Å². The predicted octanol–water partition coefficient (Wildman–Crippen LogP) is -0.604. The van der Waals surface area contributed by atoms with Crippen LogP contribution in [0.2, 0.25) is 0 Å². The Hall–Kier alpha value is 1.74. The molecule has 0 amide bonds. The third kappa shape index (κ3) is 192. The van der Waals surface area contributed by atoms with Crippen LogP contribution in [0.5, 0.6) is 0 Å². The van der Waals surface area contributed by atoms with Gasteiger partial charge >= 0.3 is 71.6 Å². The summed E-state index contributed by atoms with van der Waals surface area (Å²) in [6, 6.07) is 0. The molecule has 64 valence electrons. The molecule has 0 rings (SSSR count). The molecule has 0 aliphatic heterocycles. The first-order valence-electron chi connectivity index (χ1n) is 0.123. The van der Waals surface area contributed by atoms with Gasteiger partial charge in [-0.3, -0.25) is 0 Å². The van der Waals surface area contributed by atoms with Crippen LogP contribution in [-0.4, -0.2) is 0 Å². The van der Waals surface area contributed by atoms with E-state index in [-0.39, 0.29) is 73.7 Å². The SMILES string of the molecule is [Cr+3].[Cr+3].[Cu+2].[O-2].[O-2].[O-2].[O-2].[O]=[Cu].